The maximum atomic E-state index is 13.5. The predicted octanol–water partition coefficient (Wildman–Crippen LogP) is 3.82. The summed E-state index contributed by atoms with van der Waals surface area (Å²) in [6.45, 7) is 1.76. The second-order valence-corrected chi connectivity index (χ2v) is 7.75. The zero-order valence-electron chi connectivity index (χ0n) is 17.7. The van der Waals surface area contributed by atoms with Crippen LogP contribution in [0.5, 0.6) is 0 Å². The van der Waals surface area contributed by atoms with Crippen LogP contribution in [0, 0.1) is 0 Å². The summed E-state index contributed by atoms with van der Waals surface area (Å²) < 4.78 is 39.8. The van der Waals surface area contributed by atoms with E-state index in [-0.39, 0.29) is 18.1 Å². The standard InChI is InChI=1S/C22H21F3N6O2/c1-2-3-13-21(15-7-5-4-6-8-15)19(32)30(20(33)26-21)14-18-27-28-29-31(18)17-11-9-16(10-12-17)22(23,24)25/h4-12H,2-3,13-14H2,1H3,(H,26,33). The number of urea groups is 1. The van der Waals surface area contributed by atoms with Gasteiger partial charge in [0.1, 0.15) is 5.54 Å². The number of unbranched alkanes of at least 4 members (excludes halogenated alkanes) is 1. The zero-order chi connectivity index (χ0) is 23.6. The average molecular weight is 458 g/mol. The summed E-state index contributed by atoms with van der Waals surface area (Å²) in [5.41, 5.74) is -1.04. The normalized spacial score (nSPS) is 18.6. The number of hydrogen-bond acceptors (Lipinski definition) is 5. The minimum atomic E-state index is -4.47. The van der Waals surface area contributed by atoms with Gasteiger partial charge < -0.3 is 5.32 Å². The molecule has 1 aliphatic heterocycles. The highest BCUT2D eigenvalue weighted by molar-refractivity contribution is 6.07. The van der Waals surface area contributed by atoms with Crippen LogP contribution < -0.4 is 5.32 Å². The Morgan fingerprint density at radius 2 is 1.73 bits per heavy atom. The van der Waals surface area contributed by atoms with E-state index in [4.69, 9.17) is 0 Å². The van der Waals surface area contributed by atoms with Crippen molar-refractivity contribution in [2.75, 3.05) is 0 Å². The second kappa shape index (κ2) is 8.64. The van der Waals surface area contributed by atoms with Crippen LogP contribution in [0.25, 0.3) is 5.69 Å². The number of hydrogen-bond donors (Lipinski definition) is 1. The fraction of sp³-hybridized carbons (Fsp3) is 0.318. The summed E-state index contributed by atoms with van der Waals surface area (Å²) in [5.74, 6) is -0.285. The molecule has 0 bridgehead atoms. The number of aromatic nitrogens is 4. The van der Waals surface area contributed by atoms with Crippen LogP contribution in [0.4, 0.5) is 18.0 Å². The lowest BCUT2D eigenvalue weighted by Crippen LogP contribution is -2.44. The Morgan fingerprint density at radius 3 is 2.36 bits per heavy atom. The molecule has 3 amide bonds. The highest BCUT2D eigenvalue weighted by atomic mass is 19.4. The number of nitrogens with one attached hydrogen (secondary N) is 1. The van der Waals surface area contributed by atoms with Crippen LogP contribution in [0.2, 0.25) is 0 Å². The average Bonchev–Trinajstić information content (AvgIpc) is 3.36. The molecule has 172 valence electrons. The highest BCUT2D eigenvalue weighted by Crippen LogP contribution is 2.35. The summed E-state index contributed by atoms with van der Waals surface area (Å²) in [6.07, 6.45) is -2.48. The Labute approximate surface area is 187 Å². The van der Waals surface area contributed by atoms with Gasteiger partial charge in [0, 0.05) is 0 Å². The number of imide groups is 1. The van der Waals surface area contributed by atoms with E-state index in [9.17, 15) is 22.8 Å². The third kappa shape index (κ3) is 4.18. The number of tetrazole rings is 1. The first kappa shape index (κ1) is 22.4. The molecule has 1 atom stereocenters. The molecular formula is C22H21F3N6O2. The van der Waals surface area contributed by atoms with Crippen molar-refractivity contribution in [1.82, 2.24) is 30.4 Å². The SMILES string of the molecule is CCCCC1(c2ccccc2)NC(=O)N(Cc2nnnn2-c2ccc(C(F)(F)F)cc2)C1=O. The van der Waals surface area contributed by atoms with Crippen molar-refractivity contribution < 1.29 is 22.8 Å². The zero-order valence-corrected chi connectivity index (χ0v) is 17.7. The largest absolute Gasteiger partial charge is 0.416 e. The molecule has 8 nitrogen and oxygen atoms in total. The van der Waals surface area contributed by atoms with Gasteiger partial charge in [0.15, 0.2) is 5.82 Å². The monoisotopic (exact) mass is 458 g/mol. The van der Waals surface area contributed by atoms with Crippen LogP contribution in [0.15, 0.2) is 54.6 Å². The summed E-state index contributed by atoms with van der Waals surface area (Å²) in [7, 11) is 0. The molecule has 1 aliphatic rings. The van der Waals surface area contributed by atoms with Crippen LogP contribution in [-0.4, -0.2) is 37.0 Å². The van der Waals surface area contributed by atoms with E-state index in [1.807, 2.05) is 13.0 Å². The van der Waals surface area contributed by atoms with Crippen molar-refractivity contribution in [3.8, 4) is 5.69 Å². The van der Waals surface area contributed by atoms with Crippen molar-refractivity contribution in [3.63, 3.8) is 0 Å². The molecule has 1 saturated heterocycles. The molecule has 1 unspecified atom stereocenters. The van der Waals surface area contributed by atoms with E-state index in [0.29, 0.717) is 12.0 Å². The van der Waals surface area contributed by atoms with Crippen LogP contribution >= 0.6 is 0 Å². The van der Waals surface area contributed by atoms with E-state index in [1.165, 1.54) is 16.8 Å². The van der Waals surface area contributed by atoms with Gasteiger partial charge in [0.05, 0.1) is 17.8 Å². The Bertz CT molecular complexity index is 1150. The van der Waals surface area contributed by atoms with Gasteiger partial charge in [-0.25, -0.2) is 4.79 Å². The molecule has 2 aromatic carbocycles. The van der Waals surface area contributed by atoms with Crippen LogP contribution in [-0.2, 0) is 23.1 Å². The fourth-order valence-electron chi connectivity index (χ4n) is 3.88. The smallest absolute Gasteiger partial charge is 0.319 e. The van der Waals surface area contributed by atoms with E-state index < -0.39 is 29.2 Å². The lowest BCUT2D eigenvalue weighted by atomic mass is 9.85. The molecule has 1 fully saturated rings. The number of carbonyl (C=O) groups is 2. The van der Waals surface area contributed by atoms with Gasteiger partial charge in [-0.2, -0.15) is 17.9 Å². The van der Waals surface area contributed by atoms with Gasteiger partial charge >= 0.3 is 12.2 Å². The van der Waals surface area contributed by atoms with Gasteiger partial charge in [-0.15, -0.1) is 5.10 Å². The summed E-state index contributed by atoms with van der Waals surface area (Å²) in [5, 5.41) is 14.1. The highest BCUT2D eigenvalue weighted by Gasteiger charge is 2.52. The van der Waals surface area contributed by atoms with E-state index in [1.54, 1.807) is 24.3 Å². The molecule has 4 rings (SSSR count). The van der Waals surface area contributed by atoms with Gasteiger partial charge in [-0.1, -0.05) is 50.1 Å². The van der Waals surface area contributed by atoms with Crippen molar-refractivity contribution in [2.45, 2.75) is 44.4 Å². The van der Waals surface area contributed by atoms with Crippen molar-refractivity contribution in [2.24, 2.45) is 0 Å². The number of nitrogens with zero attached hydrogens (tertiary/aromatic N) is 5. The predicted molar refractivity (Wildman–Crippen MR) is 111 cm³/mol. The van der Waals surface area contributed by atoms with Gasteiger partial charge in [0.25, 0.3) is 5.91 Å². The molecule has 33 heavy (non-hydrogen) atoms. The van der Waals surface area contributed by atoms with Gasteiger partial charge in [-0.05, 0) is 46.7 Å². The molecule has 11 heteroatoms. The minimum Gasteiger partial charge on any atom is -0.319 e. The van der Waals surface area contributed by atoms with Crippen LogP contribution in [0.3, 0.4) is 0 Å². The molecular weight excluding hydrogens is 437 g/mol. The maximum Gasteiger partial charge on any atom is 0.416 e. The van der Waals surface area contributed by atoms with E-state index in [0.717, 1.165) is 29.9 Å². The fourth-order valence-corrected chi connectivity index (χ4v) is 3.88. The molecule has 0 saturated carbocycles. The quantitative estimate of drug-likeness (QED) is 0.544. The maximum absolute atomic E-state index is 13.5. The summed E-state index contributed by atoms with van der Waals surface area (Å²) >= 11 is 0. The summed E-state index contributed by atoms with van der Waals surface area (Å²) in [4.78, 5) is 27.4. The Hall–Kier alpha value is -3.76. The number of rotatable bonds is 7. The first-order chi connectivity index (χ1) is 15.8. The first-order valence-electron chi connectivity index (χ1n) is 10.4. The third-order valence-corrected chi connectivity index (χ3v) is 5.62. The lowest BCUT2D eigenvalue weighted by Gasteiger charge is -2.27. The second-order valence-electron chi connectivity index (χ2n) is 7.75. The molecule has 0 spiro atoms. The molecule has 1 N–H and O–H groups in total. The van der Waals surface area contributed by atoms with E-state index >= 15 is 0 Å². The molecule has 1 aromatic heterocycles. The third-order valence-electron chi connectivity index (χ3n) is 5.62. The summed E-state index contributed by atoms with van der Waals surface area (Å²) in [6, 6.07) is 12.7. The first-order valence-corrected chi connectivity index (χ1v) is 10.4. The number of amides is 3. The van der Waals surface area contributed by atoms with Gasteiger partial charge in [-0.3, -0.25) is 9.69 Å². The molecule has 0 radical (unpaired) electrons. The van der Waals surface area contributed by atoms with Crippen LogP contribution in [0.1, 0.15) is 43.1 Å². The number of halogens is 3. The molecule has 2 heterocycles. The van der Waals surface area contributed by atoms with Crippen molar-refractivity contribution in [1.29, 1.82) is 0 Å². The van der Waals surface area contributed by atoms with Crippen molar-refractivity contribution >= 4 is 11.9 Å². The Morgan fingerprint density at radius 1 is 1.03 bits per heavy atom. The topological polar surface area (TPSA) is 93.0 Å². The van der Waals surface area contributed by atoms with Gasteiger partial charge in [0.2, 0.25) is 0 Å². The Kier molecular flexibility index (Phi) is 5.88. The lowest BCUT2D eigenvalue weighted by molar-refractivity contribution is -0.137. The number of alkyl halides is 3. The minimum absolute atomic E-state index is 0.137. The molecule has 3 aromatic rings. The number of carbonyl (C=O) groups excluding carboxylic acids is 2. The van der Waals surface area contributed by atoms with E-state index in [2.05, 4.69) is 20.8 Å². The molecule has 0 aliphatic carbocycles. The number of benzene rings is 2. The van der Waals surface area contributed by atoms with Crippen molar-refractivity contribution in [3.05, 3.63) is 71.5 Å². The Balaban J connectivity index is 1.62.